The van der Waals surface area contributed by atoms with E-state index in [1.54, 1.807) is 0 Å². The second-order valence-electron chi connectivity index (χ2n) is 6.03. The maximum Gasteiger partial charge on any atom is 0.407 e. The molecule has 1 heterocycles. The van der Waals surface area contributed by atoms with Crippen molar-refractivity contribution in [3.63, 3.8) is 0 Å². The van der Waals surface area contributed by atoms with E-state index < -0.39 is 5.60 Å². The van der Waals surface area contributed by atoms with Crippen LogP contribution in [0.25, 0.3) is 0 Å². The number of nitrogens with one attached hydrogen (secondary N) is 2. The number of hydrogen-bond acceptors (Lipinski definition) is 3. The van der Waals surface area contributed by atoms with Crippen LogP contribution in [-0.2, 0) is 4.74 Å². The zero-order valence-corrected chi connectivity index (χ0v) is 11.7. The Kier molecular flexibility index (Phi) is 4.31. The van der Waals surface area contributed by atoms with Crippen LogP contribution >= 0.6 is 12.4 Å². The van der Waals surface area contributed by atoms with Gasteiger partial charge in [-0.25, -0.2) is 4.79 Å². The van der Waals surface area contributed by atoms with Gasteiger partial charge in [0.05, 0.1) is 0 Å². The lowest BCUT2D eigenvalue weighted by atomic mass is 9.90. The molecule has 0 unspecified atom stereocenters. The minimum absolute atomic E-state index is 0. The largest absolute Gasteiger partial charge is 0.444 e. The zero-order valence-electron chi connectivity index (χ0n) is 10.8. The molecule has 1 aliphatic heterocycles. The molecule has 4 nitrogen and oxygen atoms in total. The lowest BCUT2D eigenvalue weighted by Crippen LogP contribution is -2.51. The molecule has 1 saturated heterocycles. The summed E-state index contributed by atoms with van der Waals surface area (Å²) in [6.45, 7) is 7.70. The summed E-state index contributed by atoms with van der Waals surface area (Å²) in [6, 6.07) is 0.295. The molecule has 17 heavy (non-hydrogen) atoms. The van der Waals surface area contributed by atoms with E-state index in [9.17, 15) is 4.79 Å². The Balaban J connectivity index is 0.00000144. The quantitative estimate of drug-likeness (QED) is 0.761. The fraction of sp³-hybridized carbons (Fsp3) is 0.917. The summed E-state index contributed by atoms with van der Waals surface area (Å²) < 4.78 is 5.29. The van der Waals surface area contributed by atoms with Crippen molar-refractivity contribution in [1.82, 2.24) is 10.6 Å². The van der Waals surface area contributed by atoms with Crippen molar-refractivity contribution < 1.29 is 9.53 Å². The lowest BCUT2D eigenvalue weighted by Gasteiger charge is -2.33. The molecule has 2 rings (SSSR count). The molecule has 0 aromatic carbocycles. The standard InChI is InChI=1S/C12H22N2O2.ClH/c1-11(2,3)16-10(15)14-9-4-7-13-8-12(9)5-6-12;/h9,13H,4-8H2,1-3H3,(H,14,15);1H/t9-;/m1./s1. The fourth-order valence-corrected chi connectivity index (χ4v) is 2.37. The Hall–Kier alpha value is -0.480. The van der Waals surface area contributed by atoms with Crippen molar-refractivity contribution in [3.05, 3.63) is 0 Å². The number of ether oxygens (including phenoxy) is 1. The molecule has 0 bridgehead atoms. The molecule has 1 amide bonds. The topological polar surface area (TPSA) is 50.4 Å². The first kappa shape index (κ1) is 14.6. The van der Waals surface area contributed by atoms with E-state index >= 15 is 0 Å². The molecule has 0 aromatic rings. The number of hydrogen-bond donors (Lipinski definition) is 2. The molecule has 1 spiro atoms. The number of halogens is 1. The minimum atomic E-state index is -0.409. The normalized spacial score (nSPS) is 25.9. The average molecular weight is 263 g/mol. The highest BCUT2D eigenvalue weighted by Crippen LogP contribution is 2.50. The van der Waals surface area contributed by atoms with Crippen LogP contribution in [0.1, 0.15) is 40.0 Å². The van der Waals surface area contributed by atoms with E-state index in [1.807, 2.05) is 20.8 Å². The van der Waals surface area contributed by atoms with Crippen molar-refractivity contribution in [2.24, 2.45) is 5.41 Å². The van der Waals surface area contributed by atoms with E-state index in [1.165, 1.54) is 12.8 Å². The van der Waals surface area contributed by atoms with Crippen molar-refractivity contribution in [2.45, 2.75) is 51.7 Å². The number of carbonyl (C=O) groups is 1. The molecular formula is C12H23ClN2O2. The third kappa shape index (κ3) is 3.75. The Labute approximate surface area is 109 Å². The molecule has 0 aromatic heterocycles. The summed E-state index contributed by atoms with van der Waals surface area (Å²) in [4.78, 5) is 11.7. The first-order valence-electron chi connectivity index (χ1n) is 6.12. The van der Waals surface area contributed by atoms with Crippen LogP contribution in [0.15, 0.2) is 0 Å². The second-order valence-corrected chi connectivity index (χ2v) is 6.03. The van der Waals surface area contributed by atoms with Gasteiger partial charge in [-0.15, -0.1) is 12.4 Å². The van der Waals surface area contributed by atoms with Crippen LogP contribution < -0.4 is 10.6 Å². The summed E-state index contributed by atoms with van der Waals surface area (Å²) in [5.41, 5.74) is -0.0805. The van der Waals surface area contributed by atoms with Gasteiger partial charge in [-0.2, -0.15) is 0 Å². The van der Waals surface area contributed by atoms with Gasteiger partial charge in [0, 0.05) is 18.0 Å². The van der Waals surface area contributed by atoms with Gasteiger partial charge in [0.2, 0.25) is 0 Å². The molecule has 1 saturated carbocycles. The highest BCUT2D eigenvalue weighted by atomic mass is 35.5. The Bertz CT molecular complexity index is 285. The Morgan fingerprint density at radius 1 is 1.41 bits per heavy atom. The van der Waals surface area contributed by atoms with Crippen LogP contribution in [-0.4, -0.2) is 30.8 Å². The van der Waals surface area contributed by atoms with Gasteiger partial charge in [-0.05, 0) is 46.6 Å². The van der Waals surface area contributed by atoms with Gasteiger partial charge in [0.25, 0.3) is 0 Å². The summed E-state index contributed by atoms with van der Waals surface area (Å²) >= 11 is 0. The van der Waals surface area contributed by atoms with Gasteiger partial charge in [0.1, 0.15) is 5.60 Å². The molecule has 5 heteroatoms. The number of carbonyl (C=O) groups excluding carboxylic acids is 1. The highest BCUT2D eigenvalue weighted by molar-refractivity contribution is 5.85. The van der Waals surface area contributed by atoms with Crippen molar-refractivity contribution in [2.75, 3.05) is 13.1 Å². The predicted molar refractivity (Wildman–Crippen MR) is 69.6 cm³/mol. The SMILES string of the molecule is CC(C)(C)OC(=O)N[C@@H]1CCNCC12CC2.Cl. The van der Waals surface area contributed by atoms with Crippen LogP contribution in [0, 0.1) is 5.41 Å². The third-order valence-electron chi connectivity index (χ3n) is 3.41. The maximum absolute atomic E-state index is 11.7. The van der Waals surface area contributed by atoms with Gasteiger partial charge in [-0.3, -0.25) is 0 Å². The van der Waals surface area contributed by atoms with E-state index in [-0.39, 0.29) is 18.5 Å². The van der Waals surface area contributed by atoms with Gasteiger partial charge < -0.3 is 15.4 Å². The van der Waals surface area contributed by atoms with Crippen molar-refractivity contribution in [1.29, 1.82) is 0 Å². The van der Waals surface area contributed by atoms with Crippen molar-refractivity contribution in [3.8, 4) is 0 Å². The molecule has 2 aliphatic rings. The summed E-state index contributed by atoms with van der Waals surface area (Å²) in [5, 5.41) is 6.42. The van der Waals surface area contributed by atoms with E-state index in [2.05, 4.69) is 10.6 Å². The molecule has 1 aliphatic carbocycles. The summed E-state index contributed by atoms with van der Waals surface area (Å²) in [7, 11) is 0. The molecule has 2 fully saturated rings. The Morgan fingerprint density at radius 3 is 2.59 bits per heavy atom. The minimum Gasteiger partial charge on any atom is -0.444 e. The monoisotopic (exact) mass is 262 g/mol. The number of rotatable bonds is 1. The average Bonchev–Trinajstić information content (AvgIpc) is 2.87. The smallest absolute Gasteiger partial charge is 0.407 e. The van der Waals surface area contributed by atoms with Crippen LogP contribution in [0.4, 0.5) is 4.79 Å². The summed E-state index contributed by atoms with van der Waals surface area (Å²) in [6.07, 6.45) is 3.19. The molecule has 0 radical (unpaired) electrons. The van der Waals surface area contributed by atoms with Gasteiger partial charge >= 0.3 is 6.09 Å². The van der Waals surface area contributed by atoms with Crippen LogP contribution in [0.3, 0.4) is 0 Å². The maximum atomic E-state index is 11.7. The van der Waals surface area contributed by atoms with Crippen LogP contribution in [0.2, 0.25) is 0 Å². The first-order chi connectivity index (χ1) is 7.41. The molecule has 2 N–H and O–H groups in total. The highest BCUT2D eigenvalue weighted by Gasteiger charge is 2.51. The van der Waals surface area contributed by atoms with Gasteiger partial charge in [0.15, 0.2) is 0 Å². The van der Waals surface area contributed by atoms with Crippen molar-refractivity contribution >= 4 is 18.5 Å². The third-order valence-corrected chi connectivity index (χ3v) is 3.41. The van der Waals surface area contributed by atoms with E-state index in [0.29, 0.717) is 11.5 Å². The van der Waals surface area contributed by atoms with E-state index in [0.717, 1.165) is 19.5 Å². The molecule has 1 atom stereocenters. The predicted octanol–water partition coefficient (Wildman–Crippen LogP) is 2.07. The number of amides is 1. The molecular weight excluding hydrogens is 240 g/mol. The number of alkyl carbamates (subject to hydrolysis) is 1. The van der Waals surface area contributed by atoms with E-state index in [4.69, 9.17) is 4.74 Å². The number of piperidine rings is 1. The molecule has 100 valence electrons. The van der Waals surface area contributed by atoms with Gasteiger partial charge in [-0.1, -0.05) is 0 Å². The fourth-order valence-electron chi connectivity index (χ4n) is 2.37. The zero-order chi connectivity index (χ0) is 11.8. The lowest BCUT2D eigenvalue weighted by molar-refractivity contribution is 0.0465. The summed E-state index contributed by atoms with van der Waals surface area (Å²) in [5.74, 6) is 0. The second kappa shape index (κ2) is 5.02. The first-order valence-corrected chi connectivity index (χ1v) is 6.12. The van der Waals surface area contributed by atoms with Crippen LogP contribution in [0.5, 0.6) is 0 Å². The Morgan fingerprint density at radius 2 is 2.06 bits per heavy atom.